The summed E-state index contributed by atoms with van der Waals surface area (Å²) in [6.07, 6.45) is 0. The van der Waals surface area contributed by atoms with Crippen molar-refractivity contribution in [3.05, 3.63) is 29.8 Å². The van der Waals surface area contributed by atoms with Gasteiger partial charge in [-0.2, -0.15) is 0 Å². The Morgan fingerprint density at radius 1 is 1.30 bits per heavy atom. The highest BCUT2D eigenvalue weighted by molar-refractivity contribution is 7.92. The molecule has 0 bridgehead atoms. The first-order valence-corrected chi connectivity index (χ1v) is 8.09. The number of hydrogen-bond acceptors (Lipinski definition) is 5. The number of amides is 1. The van der Waals surface area contributed by atoms with Gasteiger partial charge in [-0.1, -0.05) is 0 Å². The van der Waals surface area contributed by atoms with Crippen LogP contribution in [0, 0.1) is 0 Å². The first-order chi connectivity index (χ1) is 9.40. The zero-order chi connectivity index (χ0) is 15.2. The van der Waals surface area contributed by atoms with E-state index in [0.29, 0.717) is 5.56 Å². The number of aliphatic hydroxyl groups excluding tert-OH is 1. The normalized spacial score (nSPS) is 12.8. The van der Waals surface area contributed by atoms with Gasteiger partial charge in [-0.25, -0.2) is 8.42 Å². The van der Waals surface area contributed by atoms with Crippen LogP contribution in [-0.2, 0) is 9.84 Å². The van der Waals surface area contributed by atoms with E-state index in [1.165, 1.54) is 6.92 Å². The summed E-state index contributed by atoms with van der Waals surface area (Å²) in [5, 5.41) is 13.2. The van der Waals surface area contributed by atoms with Crippen molar-refractivity contribution in [2.24, 2.45) is 0 Å². The minimum atomic E-state index is -3.52. The van der Waals surface area contributed by atoms with Crippen molar-refractivity contribution in [1.29, 1.82) is 0 Å². The molecular weight excluding hydrogens is 280 g/mol. The third-order valence-electron chi connectivity index (χ3n) is 2.78. The van der Waals surface area contributed by atoms with Crippen LogP contribution >= 0.6 is 0 Å². The lowest BCUT2D eigenvalue weighted by molar-refractivity contribution is 0.0950. The highest BCUT2D eigenvalue weighted by Crippen LogP contribution is 2.10. The average Bonchev–Trinajstić information content (AvgIpc) is 2.39. The van der Waals surface area contributed by atoms with Crippen LogP contribution in [0.3, 0.4) is 0 Å². The second-order valence-electron chi connectivity index (χ2n) is 4.31. The summed E-state index contributed by atoms with van der Waals surface area (Å²) >= 11 is 0. The molecule has 1 aromatic carbocycles. The molecule has 0 saturated carbocycles. The van der Waals surface area contributed by atoms with Gasteiger partial charge in [-0.15, -0.1) is 0 Å². The van der Waals surface area contributed by atoms with E-state index < -0.39 is 27.7 Å². The Morgan fingerprint density at radius 2 is 1.90 bits per heavy atom. The van der Waals surface area contributed by atoms with Gasteiger partial charge in [0.05, 0.1) is 12.4 Å². The van der Waals surface area contributed by atoms with Crippen molar-refractivity contribution >= 4 is 21.4 Å². The summed E-state index contributed by atoms with van der Waals surface area (Å²) in [6.45, 7) is 3.67. The van der Waals surface area contributed by atoms with E-state index in [1.807, 2.05) is 6.92 Å². The number of anilines is 1. The SMILES string of the molecule is CCNc1ccc(C(=O)NC(C)S(=O)(=O)CCO)cc1. The third kappa shape index (κ3) is 4.50. The quantitative estimate of drug-likeness (QED) is 0.685. The Morgan fingerprint density at radius 3 is 2.40 bits per heavy atom. The van der Waals surface area contributed by atoms with Gasteiger partial charge >= 0.3 is 0 Å². The molecular formula is C13H20N2O4S. The number of carbonyl (C=O) groups is 1. The van der Waals surface area contributed by atoms with E-state index >= 15 is 0 Å². The second-order valence-corrected chi connectivity index (χ2v) is 6.76. The molecule has 0 spiro atoms. The largest absolute Gasteiger partial charge is 0.395 e. The molecule has 112 valence electrons. The maximum absolute atomic E-state index is 11.9. The molecule has 0 saturated heterocycles. The summed E-state index contributed by atoms with van der Waals surface area (Å²) < 4.78 is 23.3. The van der Waals surface area contributed by atoms with E-state index in [-0.39, 0.29) is 5.75 Å². The van der Waals surface area contributed by atoms with Crippen LogP contribution in [0.5, 0.6) is 0 Å². The fourth-order valence-corrected chi connectivity index (χ4v) is 2.50. The lowest BCUT2D eigenvalue weighted by atomic mass is 10.2. The highest BCUT2D eigenvalue weighted by Gasteiger charge is 2.22. The topological polar surface area (TPSA) is 95.5 Å². The number of benzene rings is 1. The van der Waals surface area contributed by atoms with Crippen molar-refractivity contribution in [3.8, 4) is 0 Å². The summed E-state index contributed by atoms with van der Waals surface area (Å²) in [5.74, 6) is -0.824. The Labute approximate surface area is 119 Å². The molecule has 7 heteroatoms. The van der Waals surface area contributed by atoms with Crippen molar-refractivity contribution in [2.75, 3.05) is 24.2 Å². The van der Waals surface area contributed by atoms with Crippen LogP contribution in [0.4, 0.5) is 5.69 Å². The monoisotopic (exact) mass is 300 g/mol. The summed E-state index contributed by atoms with van der Waals surface area (Å²) in [7, 11) is -3.52. The molecule has 0 heterocycles. The van der Waals surface area contributed by atoms with Gasteiger partial charge < -0.3 is 15.7 Å². The molecule has 1 rings (SSSR count). The lowest BCUT2D eigenvalue weighted by Crippen LogP contribution is -2.40. The highest BCUT2D eigenvalue weighted by atomic mass is 32.2. The van der Waals surface area contributed by atoms with Gasteiger partial charge in [-0.3, -0.25) is 4.79 Å². The second kappa shape index (κ2) is 7.25. The number of hydrogen-bond donors (Lipinski definition) is 3. The Bertz CT molecular complexity index is 540. The predicted molar refractivity (Wildman–Crippen MR) is 78.4 cm³/mol. The molecule has 1 atom stereocenters. The maximum atomic E-state index is 11.9. The minimum Gasteiger partial charge on any atom is -0.395 e. The van der Waals surface area contributed by atoms with Crippen LogP contribution in [0.2, 0.25) is 0 Å². The molecule has 6 nitrogen and oxygen atoms in total. The maximum Gasteiger partial charge on any atom is 0.252 e. The minimum absolute atomic E-state index is 0.367. The molecule has 3 N–H and O–H groups in total. The molecule has 1 aromatic rings. The molecule has 0 radical (unpaired) electrons. The van der Waals surface area contributed by atoms with E-state index in [9.17, 15) is 13.2 Å². The summed E-state index contributed by atoms with van der Waals surface area (Å²) in [4.78, 5) is 11.9. The van der Waals surface area contributed by atoms with E-state index in [0.717, 1.165) is 12.2 Å². The molecule has 0 aliphatic heterocycles. The molecule has 0 aromatic heterocycles. The lowest BCUT2D eigenvalue weighted by Gasteiger charge is -2.14. The molecule has 0 fully saturated rings. The first kappa shape index (κ1) is 16.5. The Balaban J connectivity index is 2.71. The Kier molecular flexibility index (Phi) is 5.97. The number of carbonyl (C=O) groups excluding carboxylic acids is 1. The van der Waals surface area contributed by atoms with Crippen LogP contribution in [0.25, 0.3) is 0 Å². The first-order valence-electron chi connectivity index (χ1n) is 6.38. The average molecular weight is 300 g/mol. The number of nitrogens with one attached hydrogen (secondary N) is 2. The van der Waals surface area contributed by atoms with Gasteiger partial charge in [0.1, 0.15) is 5.37 Å². The fourth-order valence-electron chi connectivity index (χ4n) is 1.61. The van der Waals surface area contributed by atoms with E-state index in [2.05, 4.69) is 10.6 Å². The predicted octanol–water partition coefficient (Wildman–Crippen LogP) is 0.601. The van der Waals surface area contributed by atoms with Crippen molar-refractivity contribution < 1.29 is 18.3 Å². The smallest absolute Gasteiger partial charge is 0.252 e. The molecule has 1 amide bonds. The summed E-state index contributed by atoms with van der Waals surface area (Å²) in [6, 6.07) is 6.76. The van der Waals surface area contributed by atoms with Crippen LogP contribution < -0.4 is 10.6 Å². The molecule has 0 aliphatic rings. The molecule has 1 unspecified atom stereocenters. The number of sulfone groups is 1. The van der Waals surface area contributed by atoms with Crippen molar-refractivity contribution in [1.82, 2.24) is 5.32 Å². The third-order valence-corrected chi connectivity index (χ3v) is 4.72. The zero-order valence-corrected chi connectivity index (χ0v) is 12.4. The van der Waals surface area contributed by atoms with Gasteiger partial charge in [0.2, 0.25) is 0 Å². The van der Waals surface area contributed by atoms with Crippen LogP contribution in [0.15, 0.2) is 24.3 Å². The van der Waals surface area contributed by atoms with Gasteiger partial charge in [-0.05, 0) is 38.1 Å². The van der Waals surface area contributed by atoms with Crippen molar-refractivity contribution in [3.63, 3.8) is 0 Å². The van der Waals surface area contributed by atoms with Crippen molar-refractivity contribution in [2.45, 2.75) is 19.2 Å². The summed E-state index contributed by atoms with van der Waals surface area (Å²) in [5.41, 5.74) is 1.28. The fraction of sp³-hybridized carbons (Fsp3) is 0.462. The molecule has 20 heavy (non-hydrogen) atoms. The zero-order valence-electron chi connectivity index (χ0n) is 11.6. The van der Waals surface area contributed by atoms with E-state index in [4.69, 9.17) is 5.11 Å². The standard InChI is InChI=1S/C13H20N2O4S/c1-3-14-12-6-4-11(5-7-12)13(17)15-10(2)20(18,19)9-8-16/h4-7,10,14,16H,3,8-9H2,1-2H3,(H,15,17). The van der Waals surface area contributed by atoms with Crippen LogP contribution in [-0.4, -0.2) is 43.7 Å². The Hall–Kier alpha value is -1.60. The number of aliphatic hydroxyl groups is 1. The van der Waals surface area contributed by atoms with E-state index in [1.54, 1.807) is 24.3 Å². The van der Waals surface area contributed by atoms with Crippen LogP contribution in [0.1, 0.15) is 24.2 Å². The number of rotatable bonds is 7. The van der Waals surface area contributed by atoms with Gasteiger partial charge in [0.25, 0.3) is 5.91 Å². The molecule has 0 aliphatic carbocycles. The van der Waals surface area contributed by atoms with Gasteiger partial charge in [0, 0.05) is 17.8 Å². The van der Waals surface area contributed by atoms with Gasteiger partial charge in [0.15, 0.2) is 9.84 Å².